The molecule has 2 unspecified atom stereocenters. The topological polar surface area (TPSA) is 71.3 Å². The van der Waals surface area contributed by atoms with E-state index in [0.717, 1.165) is 24.3 Å². The van der Waals surface area contributed by atoms with Crippen LogP contribution in [0.15, 0.2) is 36.4 Å². The molecule has 2 aromatic carbocycles. The number of carbonyl (C=O) groups is 1. The Labute approximate surface area is 175 Å². The van der Waals surface area contributed by atoms with E-state index in [1.807, 2.05) is 0 Å². The lowest BCUT2D eigenvalue weighted by atomic mass is 10.1. The Hall–Kier alpha value is -3.56. The monoisotopic (exact) mass is 468 g/mol. The molecule has 0 heterocycles. The summed E-state index contributed by atoms with van der Waals surface area (Å²) in [7, 11) is 0. The molecular formula is C19H12F8N2O3. The summed E-state index contributed by atoms with van der Waals surface area (Å²) in [5.74, 6) is -6.10. The van der Waals surface area contributed by atoms with Crippen LogP contribution >= 0.6 is 0 Å². The molecule has 13 heteroatoms. The molecular weight excluding hydrogens is 456 g/mol. The molecule has 32 heavy (non-hydrogen) atoms. The molecule has 1 amide bonds. The summed E-state index contributed by atoms with van der Waals surface area (Å²) in [4.78, 5) is 12.2. The van der Waals surface area contributed by atoms with Crippen LogP contribution < -0.4 is 14.8 Å². The van der Waals surface area contributed by atoms with E-state index in [0.29, 0.717) is 0 Å². The number of nitriles is 1. The standard InChI is InChI=1S/C19H12F8N2O3/c1-9(29-17(30)10-2-4-11(5-3-10)32-19(25,26)27)16(8-28)31-15-7-14(21)13(20)6-12(15)18(22,23)24/h2-7,9,16H,1H3,(H,29,30). The van der Waals surface area contributed by atoms with Crippen LogP contribution in [0.3, 0.4) is 0 Å². The van der Waals surface area contributed by atoms with Gasteiger partial charge in [0, 0.05) is 11.6 Å². The van der Waals surface area contributed by atoms with Crippen molar-refractivity contribution in [3.63, 3.8) is 0 Å². The Balaban J connectivity index is 2.16. The van der Waals surface area contributed by atoms with Gasteiger partial charge in [-0.25, -0.2) is 8.78 Å². The van der Waals surface area contributed by atoms with Crippen molar-refractivity contribution in [2.24, 2.45) is 0 Å². The van der Waals surface area contributed by atoms with Crippen molar-refractivity contribution in [3.05, 3.63) is 59.2 Å². The molecule has 0 aromatic heterocycles. The molecule has 0 radical (unpaired) electrons. The van der Waals surface area contributed by atoms with E-state index < -0.39 is 59.3 Å². The molecule has 0 aliphatic rings. The number of amides is 1. The SMILES string of the molecule is CC(NC(=O)c1ccc(OC(F)(F)F)cc1)C(C#N)Oc1cc(F)c(F)cc1C(F)(F)F. The first kappa shape index (κ1) is 24.7. The van der Waals surface area contributed by atoms with Gasteiger partial charge in [0.2, 0.25) is 6.10 Å². The van der Waals surface area contributed by atoms with E-state index in [1.54, 1.807) is 0 Å². The lowest BCUT2D eigenvalue weighted by Crippen LogP contribution is -2.43. The minimum Gasteiger partial charge on any atom is -0.473 e. The fourth-order valence-electron chi connectivity index (χ4n) is 2.40. The van der Waals surface area contributed by atoms with Crippen LogP contribution in [0.1, 0.15) is 22.8 Å². The van der Waals surface area contributed by atoms with Crippen molar-refractivity contribution >= 4 is 5.91 Å². The number of ether oxygens (including phenoxy) is 2. The fraction of sp³-hybridized carbons (Fsp3) is 0.263. The van der Waals surface area contributed by atoms with Crippen molar-refractivity contribution in [1.29, 1.82) is 5.26 Å². The van der Waals surface area contributed by atoms with Crippen LogP contribution in [-0.2, 0) is 6.18 Å². The van der Waals surface area contributed by atoms with Gasteiger partial charge in [0.15, 0.2) is 11.6 Å². The maximum atomic E-state index is 13.4. The van der Waals surface area contributed by atoms with Gasteiger partial charge in [-0.15, -0.1) is 13.2 Å². The van der Waals surface area contributed by atoms with E-state index in [4.69, 9.17) is 4.74 Å². The number of benzene rings is 2. The van der Waals surface area contributed by atoms with Crippen LogP contribution in [0.25, 0.3) is 0 Å². The van der Waals surface area contributed by atoms with Gasteiger partial charge in [-0.1, -0.05) is 0 Å². The van der Waals surface area contributed by atoms with Gasteiger partial charge in [-0.05, 0) is 37.3 Å². The predicted molar refractivity (Wildman–Crippen MR) is 91.4 cm³/mol. The third-order valence-corrected chi connectivity index (χ3v) is 3.87. The van der Waals surface area contributed by atoms with Gasteiger partial charge >= 0.3 is 12.5 Å². The number of nitrogens with one attached hydrogen (secondary N) is 1. The van der Waals surface area contributed by atoms with E-state index in [9.17, 15) is 45.2 Å². The second-order valence-corrected chi connectivity index (χ2v) is 6.26. The highest BCUT2D eigenvalue weighted by Crippen LogP contribution is 2.38. The lowest BCUT2D eigenvalue weighted by molar-refractivity contribution is -0.274. The van der Waals surface area contributed by atoms with Gasteiger partial charge in [0.05, 0.1) is 6.04 Å². The molecule has 0 fully saturated rings. The van der Waals surface area contributed by atoms with E-state index in [2.05, 4.69) is 10.1 Å². The summed E-state index contributed by atoms with van der Waals surface area (Å²) in [5.41, 5.74) is -1.83. The zero-order valence-electron chi connectivity index (χ0n) is 15.8. The zero-order chi connectivity index (χ0) is 24.3. The van der Waals surface area contributed by atoms with E-state index >= 15 is 0 Å². The smallest absolute Gasteiger partial charge is 0.473 e. The highest BCUT2D eigenvalue weighted by molar-refractivity contribution is 5.94. The second-order valence-electron chi connectivity index (χ2n) is 6.26. The Bertz CT molecular complexity index is 1010. The van der Waals surface area contributed by atoms with Gasteiger partial charge < -0.3 is 14.8 Å². The highest BCUT2D eigenvalue weighted by atomic mass is 19.4. The number of alkyl halides is 6. The molecule has 0 aliphatic heterocycles. The largest absolute Gasteiger partial charge is 0.573 e. The number of nitrogens with zero attached hydrogens (tertiary/aromatic N) is 1. The number of halogens is 8. The number of rotatable bonds is 6. The summed E-state index contributed by atoms with van der Waals surface area (Å²) in [5, 5.41) is 11.4. The molecule has 0 saturated carbocycles. The molecule has 2 rings (SSSR count). The summed E-state index contributed by atoms with van der Waals surface area (Å²) >= 11 is 0. The average molecular weight is 468 g/mol. The van der Waals surface area contributed by atoms with Crippen LogP contribution in [0.5, 0.6) is 11.5 Å². The molecule has 0 aliphatic carbocycles. The van der Waals surface area contributed by atoms with E-state index in [-0.39, 0.29) is 17.7 Å². The van der Waals surface area contributed by atoms with Gasteiger partial charge in [-0.2, -0.15) is 18.4 Å². The first-order chi connectivity index (χ1) is 14.7. The van der Waals surface area contributed by atoms with Crippen LogP contribution in [-0.4, -0.2) is 24.4 Å². The highest BCUT2D eigenvalue weighted by Gasteiger charge is 2.37. The molecule has 0 saturated heterocycles. The fourth-order valence-corrected chi connectivity index (χ4v) is 2.40. The summed E-state index contributed by atoms with van der Waals surface area (Å²) in [6.45, 7) is 1.18. The number of carbonyl (C=O) groups excluding carboxylic acids is 1. The third-order valence-electron chi connectivity index (χ3n) is 3.87. The molecule has 5 nitrogen and oxygen atoms in total. The summed E-state index contributed by atoms with van der Waals surface area (Å²) in [6.07, 6.45) is -11.8. The average Bonchev–Trinajstić information content (AvgIpc) is 2.66. The van der Waals surface area contributed by atoms with Gasteiger partial charge in [-0.3, -0.25) is 4.79 Å². The maximum Gasteiger partial charge on any atom is 0.573 e. The van der Waals surface area contributed by atoms with Crippen molar-refractivity contribution < 1.29 is 49.4 Å². The normalized spacial score (nSPS) is 13.6. The van der Waals surface area contributed by atoms with Crippen molar-refractivity contribution in [1.82, 2.24) is 5.32 Å². The molecule has 0 spiro atoms. The Kier molecular flexibility index (Phi) is 7.17. The first-order valence-corrected chi connectivity index (χ1v) is 8.50. The van der Waals surface area contributed by atoms with Crippen LogP contribution in [0, 0.1) is 23.0 Å². The maximum absolute atomic E-state index is 13.4. The lowest BCUT2D eigenvalue weighted by Gasteiger charge is -2.22. The summed E-state index contributed by atoms with van der Waals surface area (Å²) < 4.78 is 111. The summed E-state index contributed by atoms with van der Waals surface area (Å²) in [6, 6.07) is 3.86. The van der Waals surface area contributed by atoms with E-state index in [1.165, 1.54) is 13.0 Å². The zero-order valence-corrected chi connectivity index (χ0v) is 15.8. The molecule has 1 N–H and O–H groups in total. The van der Waals surface area contributed by atoms with Crippen molar-refractivity contribution in [2.75, 3.05) is 0 Å². The quantitative estimate of drug-likeness (QED) is 0.608. The van der Waals surface area contributed by atoms with Crippen molar-refractivity contribution in [3.8, 4) is 17.6 Å². The van der Waals surface area contributed by atoms with Crippen LogP contribution in [0.4, 0.5) is 35.1 Å². The minimum atomic E-state index is -5.13. The second kappa shape index (κ2) is 9.29. The minimum absolute atomic E-state index is 0.121. The molecule has 0 bridgehead atoms. The number of hydrogen-bond donors (Lipinski definition) is 1. The predicted octanol–water partition coefficient (Wildman–Crippen LogP) is 4.97. The van der Waals surface area contributed by atoms with Gasteiger partial charge in [0.1, 0.15) is 23.1 Å². The molecule has 172 valence electrons. The Morgan fingerprint density at radius 2 is 1.59 bits per heavy atom. The van der Waals surface area contributed by atoms with Crippen LogP contribution in [0.2, 0.25) is 0 Å². The molecule has 2 aromatic rings. The molecule has 2 atom stereocenters. The first-order valence-electron chi connectivity index (χ1n) is 8.50. The number of hydrogen-bond acceptors (Lipinski definition) is 4. The van der Waals surface area contributed by atoms with Gasteiger partial charge in [0.25, 0.3) is 5.91 Å². The Morgan fingerprint density at radius 1 is 1.03 bits per heavy atom. The van der Waals surface area contributed by atoms with Crippen molar-refractivity contribution in [2.45, 2.75) is 31.6 Å². The Morgan fingerprint density at radius 3 is 2.09 bits per heavy atom. The third kappa shape index (κ3) is 6.47.